The summed E-state index contributed by atoms with van der Waals surface area (Å²) in [5.74, 6) is -1.05. The minimum Gasteiger partial charge on any atom is -0.480 e. The van der Waals surface area contributed by atoms with Crippen molar-refractivity contribution in [3.8, 4) is 0 Å². The van der Waals surface area contributed by atoms with Crippen LogP contribution in [0.4, 0.5) is 0 Å². The van der Waals surface area contributed by atoms with Crippen LogP contribution in [-0.2, 0) is 11.2 Å². The van der Waals surface area contributed by atoms with E-state index < -0.39 is 11.2 Å². The van der Waals surface area contributed by atoms with E-state index >= 15 is 0 Å². The number of carboxylic acids is 1. The molecule has 1 unspecified atom stereocenters. The maximum absolute atomic E-state index is 12.4. The maximum Gasteiger partial charge on any atom is 0.316 e. The minimum absolute atomic E-state index is 0.163. The molecular weight excluding hydrogens is 322 g/mol. The lowest BCUT2D eigenvalue weighted by molar-refractivity contribution is -0.136. The molecule has 1 amide bonds. The second kappa shape index (κ2) is 9.13. The number of hydrogen-bond donors (Lipinski definition) is 2. The van der Waals surface area contributed by atoms with Crippen LogP contribution in [0.3, 0.4) is 0 Å². The van der Waals surface area contributed by atoms with Crippen LogP contribution in [0.15, 0.2) is 59.5 Å². The lowest BCUT2D eigenvalue weighted by atomic mass is 10.1. The van der Waals surface area contributed by atoms with Gasteiger partial charge < -0.3 is 10.4 Å². The van der Waals surface area contributed by atoms with Crippen LogP contribution in [0.1, 0.15) is 29.3 Å². The molecule has 0 aliphatic rings. The fourth-order valence-electron chi connectivity index (χ4n) is 2.23. The van der Waals surface area contributed by atoms with Crippen LogP contribution < -0.4 is 5.32 Å². The van der Waals surface area contributed by atoms with Gasteiger partial charge in [-0.2, -0.15) is 0 Å². The molecule has 0 fully saturated rings. The summed E-state index contributed by atoms with van der Waals surface area (Å²) in [6, 6.07) is 17.2. The molecule has 0 heterocycles. The largest absolute Gasteiger partial charge is 0.480 e. The van der Waals surface area contributed by atoms with Crippen molar-refractivity contribution in [2.24, 2.45) is 0 Å². The number of thioether (sulfide) groups is 1. The van der Waals surface area contributed by atoms with E-state index in [9.17, 15) is 9.59 Å². The zero-order valence-electron chi connectivity index (χ0n) is 13.6. The smallest absolute Gasteiger partial charge is 0.316 e. The molecule has 0 saturated carbocycles. The standard InChI is InChI=1S/C19H21NO3S/c1-14(19(22)23)24-17-12-6-5-11-16(17)18(21)20-13-7-10-15-8-3-2-4-9-15/h2-6,8-9,11-12,14H,7,10,13H2,1H3,(H,20,21)(H,22,23). The van der Waals surface area contributed by atoms with Crippen molar-refractivity contribution in [3.05, 3.63) is 65.7 Å². The van der Waals surface area contributed by atoms with Crippen LogP contribution in [0.25, 0.3) is 0 Å². The minimum atomic E-state index is -0.891. The first-order chi connectivity index (χ1) is 11.6. The molecule has 2 N–H and O–H groups in total. The van der Waals surface area contributed by atoms with Crippen molar-refractivity contribution in [3.63, 3.8) is 0 Å². The van der Waals surface area contributed by atoms with Gasteiger partial charge in [0, 0.05) is 11.4 Å². The Balaban J connectivity index is 1.89. The van der Waals surface area contributed by atoms with Crippen molar-refractivity contribution in [1.29, 1.82) is 0 Å². The van der Waals surface area contributed by atoms with Crippen molar-refractivity contribution in [2.45, 2.75) is 29.9 Å². The average molecular weight is 343 g/mol. The second-order valence-electron chi connectivity index (χ2n) is 5.44. The van der Waals surface area contributed by atoms with Crippen LogP contribution in [-0.4, -0.2) is 28.8 Å². The first kappa shape index (κ1) is 18.1. The number of nitrogens with one attached hydrogen (secondary N) is 1. The number of carbonyl (C=O) groups is 2. The summed E-state index contributed by atoms with van der Waals surface area (Å²) in [4.78, 5) is 24.1. The van der Waals surface area contributed by atoms with E-state index in [-0.39, 0.29) is 5.91 Å². The molecule has 0 aliphatic carbocycles. The monoisotopic (exact) mass is 343 g/mol. The third-order valence-corrected chi connectivity index (χ3v) is 4.72. The summed E-state index contributed by atoms with van der Waals surface area (Å²) in [7, 11) is 0. The van der Waals surface area contributed by atoms with Gasteiger partial charge in [-0.3, -0.25) is 9.59 Å². The van der Waals surface area contributed by atoms with E-state index in [1.54, 1.807) is 25.1 Å². The number of carbonyl (C=O) groups excluding carboxylic acids is 1. The lowest BCUT2D eigenvalue weighted by Crippen LogP contribution is -2.25. The number of benzene rings is 2. The summed E-state index contributed by atoms with van der Waals surface area (Å²) in [6.07, 6.45) is 1.77. The Hall–Kier alpha value is -2.27. The first-order valence-electron chi connectivity index (χ1n) is 7.88. The summed E-state index contributed by atoms with van der Waals surface area (Å²) in [6.45, 7) is 2.20. The van der Waals surface area contributed by atoms with Gasteiger partial charge in [-0.15, -0.1) is 11.8 Å². The molecule has 2 rings (SSSR count). The predicted octanol–water partition coefficient (Wildman–Crippen LogP) is 3.61. The summed E-state index contributed by atoms with van der Waals surface area (Å²) in [5, 5.41) is 11.3. The van der Waals surface area contributed by atoms with Gasteiger partial charge in [-0.05, 0) is 37.5 Å². The Labute approximate surface area is 146 Å². The summed E-state index contributed by atoms with van der Waals surface area (Å²) < 4.78 is 0. The van der Waals surface area contributed by atoms with E-state index in [4.69, 9.17) is 5.11 Å². The molecule has 0 aliphatic heterocycles. The molecule has 0 saturated heterocycles. The maximum atomic E-state index is 12.4. The quantitative estimate of drug-likeness (QED) is 0.567. The Morgan fingerprint density at radius 3 is 2.46 bits per heavy atom. The van der Waals surface area contributed by atoms with Crippen LogP contribution in [0, 0.1) is 0 Å². The fourth-order valence-corrected chi connectivity index (χ4v) is 3.16. The van der Waals surface area contributed by atoms with Gasteiger partial charge in [0.25, 0.3) is 5.91 Å². The summed E-state index contributed by atoms with van der Waals surface area (Å²) >= 11 is 1.18. The van der Waals surface area contributed by atoms with E-state index in [0.717, 1.165) is 12.8 Å². The van der Waals surface area contributed by atoms with Crippen molar-refractivity contribution in [2.75, 3.05) is 6.54 Å². The Kier molecular flexibility index (Phi) is 6.88. The highest BCUT2D eigenvalue weighted by molar-refractivity contribution is 8.00. The number of hydrogen-bond acceptors (Lipinski definition) is 3. The highest BCUT2D eigenvalue weighted by atomic mass is 32.2. The van der Waals surface area contributed by atoms with Crippen LogP contribution >= 0.6 is 11.8 Å². The van der Waals surface area contributed by atoms with Gasteiger partial charge in [-0.1, -0.05) is 42.5 Å². The number of carboxylic acid groups (broad SMARTS) is 1. The molecule has 0 aromatic heterocycles. The third kappa shape index (κ3) is 5.42. The number of rotatable bonds is 8. The number of aryl methyl sites for hydroxylation is 1. The molecular formula is C19H21NO3S. The van der Waals surface area contributed by atoms with Crippen LogP contribution in [0.2, 0.25) is 0 Å². The molecule has 0 radical (unpaired) electrons. The van der Waals surface area contributed by atoms with Gasteiger partial charge in [0.1, 0.15) is 5.25 Å². The molecule has 2 aromatic rings. The highest BCUT2D eigenvalue weighted by Crippen LogP contribution is 2.26. The van der Waals surface area contributed by atoms with Crippen molar-refractivity contribution >= 4 is 23.6 Å². The second-order valence-corrected chi connectivity index (χ2v) is 6.82. The fraction of sp³-hybridized carbons (Fsp3) is 0.263. The Bertz CT molecular complexity index is 688. The molecule has 2 aromatic carbocycles. The van der Waals surface area contributed by atoms with Gasteiger partial charge in [-0.25, -0.2) is 0 Å². The zero-order chi connectivity index (χ0) is 17.4. The molecule has 5 heteroatoms. The molecule has 0 bridgehead atoms. The first-order valence-corrected chi connectivity index (χ1v) is 8.76. The van der Waals surface area contributed by atoms with Gasteiger partial charge in [0.15, 0.2) is 0 Å². The zero-order valence-corrected chi connectivity index (χ0v) is 14.4. The molecule has 24 heavy (non-hydrogen) atoms. The molecule has 4 nitrogen and oxygen atoms in total. The average Bonchev–Trinajstić information content (AvgIpc) is 2.60. The molecule has 1 atom stereocenters. The number of amides is 1. The lowest BCUT2D eigenvalue weighted by Gasteiger charge is -2.12. The molecule has 126 valence electrons. The van der Waals surface area contributed by atoms with E-state index in [2.05, 4.69) is 17.4 Å². The Morgan fingerprint density at radius 2 is 1.75 bits per heavy atom. The third-order valence-electron chi connectivity index (χ3n) is 3.55. The SMILES string of the molecule is CC(Sc1ccccc1C(=O)NCCCc1ccccc1)C(=O)O. The van der Waals surface area contributed by atoms with Gasteiger partial charge in [0.05, 0.1) is 5.56 Å². The van der Waals surface area contributed by atoms with E-state index in [0.29, 0.717) is 17.0 Å². The van der Waals surface area contributed by atoms with E-state index in [1.165, 1.54) is 17.3 Å². The highest BCUT2D eigenvalue weighted by Gasteiger charge is 2.17. The Morgan fingerprint density at radius 1 is 1.08 bits per heavy atom. The predicted molar refractivity (Wildman–Crippen MR) is 96.5 cm³/mol. The van der Waals surface area contributed by atoms with Crippen molar-refractivity contribution in [1.82, 2.24) is 5.32 Å². The van der Waals surface area contributed by atoms with Gasteiger partial charge >= 0.3 is 5.97 Å². The normalized spacial score (nSPS) is 11.7. The summed E-state index contributed by atoms with van der Waals surface area (Å²) in [5.41, 5.74) is 1.77. The molecule has 0 spiro atoms. The van der Waals surface area contributed by atoms with Crippen molar-refractivity contribution < 1.29 is 14.7 Å². The van der Waals surface area contributed by atoms with Gasteiger partial charge in [0.2, 0.25) is 0 Å². The van der Waals surface area contributed by atoms with Crippen LogP contribution in [0.5, 0.6) is 0 Å². The van der Waals surface area contributed by atoms with E-state index in [1.807, 2.05) is 24.3 Å². The topological polar surface area (TPSA) is 66.4 Å². The number of aliphatic carboxylic acids is 1.